The summed E-state index contributed by atoms with van der Waals surface area (Å²) in [5, 5.41) is 9.24. The molecule has 1 aliphatic carbocycles. The number of aromatic carboxylic acids is 1. The zero-order chi connectivity index (χ0) is 16.2. The molecule has 2 aromatic rings. The predicted molar refractivity (Wildman–Crippen MR) is 102 cm³/mol. The van der Waals surface area contributed by atoms with Crippen molar-refractivity contribution < 1.29 is 9.90 Å². The summed E-state index contributed by atoms with van der Waals surface area (Å²) in [6.45, 7) is 0. The van der Waals surface area contributed by atoms with Gasteiger partial charge in [-0.25, -0.2) is 4.79 Å². The van der Waals surface area contributed by atoms with E-state index < -0.39 is 5.97 Å². The van der Waals surface area contributed by atoms with E-state index in [-0.39, 0.29) is 0 Å². The fourth-order valence-electron chi connectivity index (χ4n) is 3.06. The van der Waals surface area contributed by atoms with Crippen molar-refractivity contribution in [3.8, 4) is 0 Å². The van der Waals surface area contributed by atoms with Crippen LogP contribution in [0.4, 0.5) is 0 Å². The highest BCUT2D eigenvalue weighted by molar-refractivity contribution is 14.1. The van der Waals surface area contributed by atoms with E-state index in [1.807, 2.05) is 12.1 Å². The second-order valence-electron chi connectivity index (χ2n) is 5.82. The maximum atomic E-state index is 11.3. The molecule has 118 valence electrons. The second kappa shape index (κ2) is 7.30. The molecular formula is C20H19IO2. The van der Waals surface area contributed by atoms with Crippen LogP contribution in [-0.4, -0.2) is 15.5 Å². The minimum atomic E-state index is -0.869. The maximum Gasteiger partial charge on any atom is 0.335 e. The Morgan fingerprint density at radius 2 is 1.91 bits per heavy atom. The molecule has 0 aromatic heterocycles. The predicted octanol–water partition coefficient (Wildman–Crippen LogP) is 5.13. The average molecular weight is 418 g/mol. The summed E-state index contributed by atoms with van der Waals surface area (Å²) in [4.78, 5) is 11.3. The van der Waals surface area contributed by atoms with Crippen molar-refractivity contribution in [2.24, 2.45) is 0 Å². The standard InChI is InChI=1S/C20H19IO2/c21-12-2-3-14-6-8-16(9-7-14)18-5-1-4-15-10-11-17(20(22)23)13-19(15)18/h5-11,13H,1-4,12H2,(H,22,23). The quantitative estimate of drug-likeness (QED) is 0.540. The lowest BCUT2D eigenvalue weighted by molar-refractivity contribution is 0.0697. The first-order chi connectivity index (χ1) is 11.2. The van der Waals surface area contributed by atoms with Gasteiger partial charge in [0.25, 0.3) is 0 Å². The number of carbonyl (C=O) groups is 1. The molecule has 0 bridgehead atoms. The maximum absolute atomic E-state index is 11.3. The van der Waals surface area contributed by atoms with E-state index in [9.17, 15) is 9.90 Å². The molecule has 0 unspecified atom stereocenters. The van der Waals surface area contributed by atoms with Gasteiger partial charge >= 0.3 is 5.97 Å². The highest BCUT2D eigenvalue weighted by Gasteiger charge is 2.16. The van der Waals surface area contributed by atoms with E-state index >= 15 is 0 Å². The largest absolute Gasteiger partial charge is 0.478 e. The van der Waals surface area contributed by atoms with Crippen LogP contribution in [0.1, 0.15) is 45.5 Å². The van der Waals surface area contributed by atoms with Crippen molar-refractivity contribution in [1.29, 1.82) is 0 Å². The summed E-state index contributed by atoms with van der Waals surface area (Å²) >= 11 is 2.41. The number of rotatable bonds is 5. The minimum absolute atomic E-state index is 0.357. The third-order valence-corrected chi connectivity index (χ3v) is 5.04. The van der Waals surface area contributed by atoms with E-state index in [0.29, 0.717) is 5.56 Å². The van der Waals surface area contributed by atoms with Crippen LogP contribution in [0.2, 0.25) is 0 Å². The fourth-order valence-corrected chi connectivity index (χ4v) is 3.44. The van der Waals surface area contributed by atoms with Crippen LogP contribution in [0.3, 0.4) is 0 Å². The van der Waals surface area contributed by atoms with Crippen molar-refractivity contribution in [2.45, 2.75) is 25.7 Å². The van der Waals surface area contributed by atoms with E-state index in [0.717, 1.165) is 30.4 Å². The van der Waals surface area contributed by atoms with Crippen LogP contribution >= 0.6 is 22.6 Å². The molecule has 0 heterocycles. The lowest BCUT2D eigenvalue weighted by Gasteiger charge is -2.19. The van der Waals surface area contributed by atoms with Gasteiger partial charge in [-0.1, -0.05) is 59.0 Å². The Bertz CT molecular complexity index is 745. The van der Waals surface area contributed by atoms with Gasteiger partial charge in [-0.15, -0.1) is 0 Å². The van der Waals surface area contributed by atoms with Gasteiger partial charge in [-0.3, -0.25) is 0 Å². The molecule has 0 fully saturated rings. The van der Waals surface area contributed by atoms with Gasteiger partial charge in [-0.2, -0.15) is 0 Å². The number of benzene rings is 2. The van der Waals surface area contributed by atoms with Crippen molar-refractivity contribution in [3.63, 3.8) is 0 Å². The van der Waals surface area contributed by atoms with Gasteiger partial charge in [0.15, 0.2) is 0 Å². The molecule has 0 spiro atoms. The first kappa shape index (κ1) is 16.2. The zero-order valence-corrected chi connectivity index (χ0v) is 15.0. The highest BCUT2D eigenvalue weighted by Crippen LogP contribution is 2.32. The van der Waals surface area contributed by atoms with Gasteiger partial charge < -0.3 is 5.11 Å². The lowest BCUT2D eigenvalue weighted by atomic mass is 9.85. The van der Waals surface area contributed by atoms with E-state index in [2.05, 4.69) is 52.9 Å². The first-order valence-electron chi connectivity index (χ1n) is 7.91. The monoisotopic (exact) mass is 418 g/mol. The average Bonchev–Trinajstić information content (AvgIpc) is 2.59. The topological polar surface area (TPSA) is 37.3 Å². The fraction of sp³-hybridized carbons (Fsp3) is 0.250. The van der Waals surface area contributed by atoms with Crippen LogP contribution in [0.15, 0.2) is 48.5 Å². The third kappa shape index (κ3) is 3.66. The summed E-state index contributed by atoms with van der Waals surface area (Å²) in [5.41, 5.74) is 6.36. The number of hydrogen-bond donors (Lipinski definition) is 1. The third-order valence-electron chi connectivity index (χ3n) is 4.27. The molecule has 0 atom stereocenters. The number of carboxylic acid groups (broad SMARTS) is 1. The zero-order valence-electron chi connectivity index (χ0n) is 12.9. The van der Waals surface area contributed by atoms with Crippen molar-refractivity contribution in [2.75, 3.05) is 4.43 Å². The Balaban J connectivity index is 1.93. The highest BCUT2D eigenvalue weighted by atomic mass is 127. The molecule has 0 aliphatic heterocycles. The number of fused-ring (bicyclic) bond motifs is 1. The van der Waals surface area contributed by atoms with E-state index in [1.165, 1.54) is 27.5 Å². The van der Waals surface area contributed by atoms with Crippen molar-refractivity contribution >= 4 is 34.1 Å². The van der Waals surface area contributed by atoms with Crippen LogP contribution in [0, 0.1) is 0 Å². The Labute approximate surface area is 150 Å². The van der Waals surface area contributed by atoms with Crippen molar-refractivity contribution in [3.05, 3.63) is 76.4 Å². The van der Waals surface area contributed by atoms with Crippen LogP contribution in [0.5, 0.6) is 0 Å². The number of halogens is 1. The number of hydrogen-bond acceptors (Lipinski definition) is 1. The number of allylic oxidation sites excluding steroid dienone is 1. The Kier molecular flexibility index (Phi) is 5.16. The summed E-state index contributed by atoms with van der Waals surface area (Å²) in [7, 11) is 0. The van der Waals surface area contributed by atoms with Gasteiger partial charge in [0, 0.05) is 0 Å². The van der Waals surface area contributed by atoms with E-state index in [1.54, 1.807) is 6.07 Å². The number of aryl methyl sites for hydroxylation is 2. The van der Waals surface area contributed by atoms with Crippen LogP contribution in [-0.2, 0) is 12.8 Å². The van der Waals surface area contributed by atoms with Gasteiger partial charge in [-0.05, 0) is 70.1 Å². The molecule has 0 amide bonds. The van der Waals surface area contributed by atoms with Crippen LogP contribution in [0.25, 0.3) is 5.57 Å². The molecule has 0 radical (unpaired) electrons. The molecule has 1 aliphatic rings. The summed E-state index contributed by atoms with van der Waals surface area (Å²) in [5.74, 6) is -0.869. The SMILES string of the molecule is O=C(O)c1ccc2c(c1)C(c1ccc(CCCI)cc1)=CCC2. The number of carboxylic acids is 1. The summed E-state index contributed by atoms with van der Waals surface area (Å²) < 4.78 is 1.18. The van der Waals surface area contributed by atoms with E-state index in [4.69, 9.17) is 0 Å². The molecule has 2 nitrogen and oxygen atoms in total. The second-order valence-corrected chi connectivity index (χ2v) is 6.90. The first-order valence-corrected chi connectivity index (χ1v) is 9.43. The molecular weight excluding hydrogens is 399 g/mol. The summed E-state index contributed by atoms with van der Waals surface area (Å²) in [6, 6.07) is 14.2. The summed E-state index contributed by atoms with van der Waals surface area (Å²) in [6.07, 6.45) is 6.53. The molecule has 3 heteroatoms. The minimum Gasteiger partial charge on any atom is -0.478 e. The molecule has 0 saturated heterocycles. The van der Waals surface area contributed by atoms with Gasteiger partial charge in [0.05, 0.1) is 5.56 Å². The van der Waals surface area contributed by atoms with Crippen LogP contribution < -0.4 is 0 Å². The van der Waals surface area contributed by atoms with Gasteiger partial charge in [0.1, 0.15) is 0 Å². The molecule has 3 rings (SSSR count). The molecule has 1 N–H and O–H groups in total. The number of alkyl halides is 1. The lowest BCUT2D eigenvalue weighted by Crippen LogP contribution is -2.05. The van der Waals surface area contributed by atoms with Gasteiger partial charge in [0.2, 0.25) is 0 Å². The Hall–Kier alpha value is -1.62. The normalized spacial score (nSPS) is 13.3. The Morgan fingerprint density at radius 1 is 1.13 bits per heavy atom. The smallest absolute Gasteiger partial charge is 0.335 e. The molecule has 23 heavy (non-hydrogen) atoms. The molecule has 0 saturated carbocycles. The van der Waals surface area contributed by atoms with Crippen molar-refractivity contribution in [1.82, 2.24) is 0 Å². The molecule has 2 aromatic carbocycles. The Morgan fingerprint density at radius 3 is 2.61 bits per heavy atom.